The van der Waals surface area contributed by atoms with Gasteiger partial charge in [0.25, 0.3) is 5.91 Å². The number of nitrogens with zero attached hydrogens (tertiary/aromatic N) is 2. The topological polar surface area (TPSA) is 93.1 Å². The first-order chi connectivity index (χ1) is 14.7. The molecule has 9 heteroatoms. The van der Waals surface area contributed by atoms with Crippen molar-refractivity contribution in [3.63, 3.8) is 0 Å². The Labute approximate surface area is 187 Å². The summed E-state index contributed by atoms with van der Waals surface area (Å²) in [5.74, 6) is -0.226. The Hall–Kier alpha value is -2.68. The van der Waals surface area contributed by atoms with Crippen molar-refractivity contribution < 1.29 is 13.2 Å². The molecule has 164 valence electrons. The van der Waals surface area contributed by atoms with Gasteiger partial charge in [0, 0.05) is 11.6 Å². The zero-order valence-electron chi connectivity index (χ0n) is 17.6. The number of carbonyl (C=O) groups excluding carboxylic acids is 1. The van der Waals surface area contributed by atoms with Gasteiger partial charge in [-0.1, -0.05) is 49.7 Å². The van der Waals surface area contributed by atoms with E-state index in [0.29, 0.717) is 22.7 Å². The number of rotatable bonds is 8. The van der Waals surface area contributed by atoms with E-state index >= 15 is 0 Å². The molecule has 1 heterocycles. The predicted octanol–water partition coefficient (Wildman–Crippen LogP) is 3.63. The van der Waals surface area contributed by atoms with E-state index < -0.39 is 10.0 Å². The van der Waals surface area contributed by atoms with E-state index in [-0.39, 0.29) is 17.6 Å². The molecule has 3 aromatic rings. The molecule has 0 aliphatic carbocycles. The predicted molar refractivity (Wildman–Crippen MR) is 122 cm³/mol. The van der Waals surface area contributed by atoms with Crippen molar-refractivity contribution in [3.05, 3.63) is 82.1 Å². The van der Waals surface area contributed by atoms with Gasteiger partial charge >= 0.3 is 0 Å². The van der Waals surface area contributed by atoms with Crippen LogP contribution in [0.5, 0.6) is 0 Å². The minimum atomic E-state index is -3.32. The molecule has 0 atom stereocenters. The van der Waals surface area contributed by atoms with Crippen LogP contribution in [0.1, 0.15) is 46.9 Å². The van der Waals surface area contributed by atoms with Gasteiger partial charge in [-0.25, -0.2) is 17.8 Å². The summed E-state index contributed by atoms with van der Waals surface area (Å²) in [4.78, 5) is 12.9. The molecule has 0 fully saturated rings. The number of hydrogen-bond acceptors (Lipinski definition) is 4. The zero-order chi connectivity index (χ0) is 22.6. The van der Waals surface area contributed by atoms with Crippen LogP contribution in [0.4, 0.5) is 0 Å². The standard InChI is InChI=1S/C22H25ClN4O3S/c1-15(2)21-20(13-26-27(21)19-10-8-18(23)9-11-19)22(28)25-12-16-4-6-17(7-5-16)14-31(29,30)24-3/h4-11,13,15,24H,12,14H2,1-3H3,(H,25,28). The maximum absolute atomic E-state index is 12.9. The molecule has 1 amide bonds. The minimum Gasteiger partial charge on any atom is -0.348 e. The lowest BCUT2D eigenvalue weighted by Gasteiger charge is -2.13. The molecule has 7 nitrogen and oxygen atoms in total. The van der Waals surface area contributed by atoms with Gasteiger partial charge in [0.05, 0.1) is 28.9 Å². The summed E-state index contributed by atoms with van der Waals surface area (Å²) in [6.07, 6.45) is 1.57. The average molecular weight is 461 g/mol. The average Bonchev–Trinajstić information content (AvgIpc) is 3.19. The van der Waals surface area contributed by atoms with Crippen molar-refractivity contribution in [2.24, 2.45) is 0 Å². The number of carbonyl (C=O) groups is 1. The lowest BCUT2D eigenvalue weighted by Crippen LogP contribution is -2.24. The second-order valence-electron chi connectivity index (χ2n) is 7.45. The second-order valence-corrected chi connectivity index (χ2v) is 9.81. The molecule has 0 radical (unpaired) electrons. The van der Waals surface area contributed by atoms with E-state index in [1.165, 1.54) is 7.05 Å². The van der Waals surface area contributed by atoms with Gasteiger partial charge in [-0.15, -0.1) is 0 Å². The van der Waals surface area contributed by atoms with Gasteiger partial charge < -0.3 is 5.32 Å². The summed E-state index contributed by atoms with van der Waals surface area (Å²) in [6, 6.07) is 14.4. The number of benzene rings is 2. The molecule has 0 bridgehead atoms. The molecule has 2 N–H and O–H groups in total. The Kier molecular flexibility index (Phi) is 7.15. The lowest BCUT2D eigenvalue weighted by atomic mass is 10.0. The second kappa shape index (κ2) is 9.64. The third kappa shape index (κ3) is 5.72. The van der Waals surface area contributed by atoms with E-state index in [1.54, 1.807) is 47.3 Å². The number of sulfonamides is 1. The SMILES string of the molecule is CNS(=O)(=O)Cc1ccc(CNC(=O)c2cnn(-c3ccc(Cl)cc3)c2C(C)C)cc1. The number of hydrogen-bond donors (Lipinski definition) is 2. The molecule has 0 spiro atoms. The van der Waals surface area contributed by atoms with Gasteiger partial charge in [-0.3, -0.25) is 4.79 Å². The highest BCUT2D eigenvalue weighted by Gasteiger charge is 2.20. The molecule has 3 rings (SSSR count). The van der Waals surface area contributed by atoms with Gasteiger partial charge in [0.1, 0.15) is 0 Å². The first-order valence-electron chi connectivity index (χ1n) is 9.81. The molecular formula is C22H25ClN4O3S. The summed E-state index contributed by atoms with van der Waals surface area (Å²) in [5.41, 5.74) is 3.71. The Morgan fingerprint density at radius 3 is 2.26 bits per heavy atom. The maximum atomic E-state index is 12.9. The molecule has 31 heavy (non-hydrogen) atoms. The smallest absolute Gasteiger partial charge is 0.255 e. The Balaban J connectivity index is 1.73. The number of aromatic nitrogens is 2. The van der Waals surface area contributed by atoms with Crippen LogP contribution < -0.4 is 10.0 Å². The normalized spacial score (nSPS) is 11.6. The molecule has 2 aromatic carbocycles. The Bertz CT molecular complexity index is 1150. The largest absolute Gasteiger partial charge is 0.348 e. The highest BCUT2D eigenvalue weighted by atomic mass is 35.5. The van der Waals surface area contributed by atoms with Crippen molar-refractivity contribution in [1.82, 2.24) is 19.8 Å². The van der Waals surface area contributed by atoms with E-state index in [0.717, 1.165) is 16.9 Å². The van der Waals surface area contributed by atoms with E-state index in [2.05, 4.69) is 15.1 Å². The summed E-state index contributed by atoms with van der Waals surface area (Å²) < 4.78 is 27.4. The summed E-state index contributed by atoms with van der Waals surface area (Å²) in [6.45, 7) is 4.35. The fourth-order valence-corrected chi connectivity index (χ4v) is 4.10. The molecule has 0 aliphatic heterocycles. The van der Waals surface area contributed by atoms with Crippen LogP contribution in [0.15, 0.2) is 54.7 Å². The first kappa shape index (κ1) is 23.0. The summed E-state index contributed by atoms with van der Waals surface area (Å²) in [7, 11) is -1.93. The molecule has 0 saturated carbocycles. The molecule has 0 unspecified atom stereocenters. The van der Waals surface area contributed by atoms with Crippen LogP contribution in [0.3, 0.4) is 0 Å². The third-order valence-corrected chi connectivity index (χ3v) is 6.40. The quantitative estimate of drug-likeness (QED) is 0.536. The van der Waals surface area contributed by atoms with Crippen molar-refractivity contribution in [3.8, 4) is 5.69 Å². The van der Waals surface area contributed by atoms with E-state index in [9.17, 15) is 13.2 Å². The number of amides is 1. The number of nitrogens with one attached hydrogen (secondary N) is 2. The molecule has 0 saturated heterocycles. The third-order valence-electron chi connectivity index (χ3n) is 4.81. The van der Waals surface area contributed by atoms with Gasteiger partial charge in [-0.2, -0.15) is 5.10 Å². The van der Waals surface area contributed by atoms with Crippen LogP contribution >= 0.6 is 11.6 Å². The van der Waals surface area contributed by atoms with Crippen molar-refractivity contribution in [1.29, 1.82) is 0 Å². The monoisotopic (exact) mass is 460 g/mol. The molecule has 1 aromatic heterocycles. The summed E-state index contributed by atoms with van der Waals surface area (Å²) in [5, 5.41) is 7.97. The Morgan fingerprint density at radius 1 is 1.06 bits per heavy atom. The molecular weight excluding hydrogens is 436 g/mol. The van der Waals surface area contributed by atoms with Crippen molar-refractivity contribution in [2.45, 2.75) is 32.1 Å². The lowest BCUT2D eigenvalue weighted by molar-refractivity contribution is 0.0949. The number of halogens is 1. The summed E-state index contributed by atoms with van der Waals surface area (Å²) >= 11 is 5.98. The zero-order valence-corrected chi connectivity index (χ0v) is 19.2. The Morgan fingerprint density at radius 2 is 1.68 bits per heavy atom. The molecule has 0 aliphatic rings. The fraction of sp³-hybridized carbons (Fsp3) is 0.273. The van der Waals surface area contributed by atoms with E-state index in [4.69, 9.17) is 11.6 Å². The van der Waals surface area contributed by atoms with Gasteiger partial charge in [0.15, 0.2) is 0 Å². The van der Waals surface area contributed by atoms with Gasteiger partial charge in [-0.05, 0) is 48.4 Å². The van der Waals surface area contributed by atoms with Gasteiger partial charge in [0.2, 0.25) is 10.0 Å². The fourth-order valence-electron chi connectivity index (χ4n) is 3.20. The van der Waals surface area contributed by atoms with Crippen LogP contribution in [0.25, 0.3) is 5.69 Å². The highest BCUT2D eigenvalue weighted by Crippen LogP contribution is 2.24. The maximum Gasteiger partial charge on any atom is 0.255 e. The van der Waals surface area contributed by atoms with Crippen LogP contribution in [0.2, 0.25) is 5.02 Å². The van der Waals surface area contributed by atoms with E-state index in [1.807, 2.05) is 26.0 Å². The highest BCUT2D eigenvalue weighted by molar-refractivity contribution is 7.88. The van der Waals surface area contributed by atoms with Crippen LogP contribution in [0, 0.1) is 0 Å². The van der Waals surface area contributed by atoms with Crippen LogP contribution in [-0.4, -0.2) is 31.2 Å². The van der Waals surface area contributed by atoms with Crippen molar-refractivity contribution >= 4 is 27.5 Å². The first-order valence-corrected chi connectivity index (χ1v) is 11.8. The van der Waals surface area contributed by atoms with Crippen LogP contribution in [-0.2, 0) is 22.3 Å². The van der Waals surface area contributed by atoms with Crippen molar-refractivity contribution in [2.75, 3.05) is 7.05 Å². The minimum absolute atomic E-state index is 0.0762.